The second-order valence-electron chi connectivity index (χ2n) is 5.60. The van der Waals surface area contributed by atoms with Crippen molar-refractivity contribution in [3.63, 3.8) is 0 Å². The first-order chi connectivity index (χ1) is 12.5. The molecule has 1 heterocycles. The highest BCUT2D eigenvalue weighted by Crippen LogP contribution is 2.23. The molecule has 8 heteroatoms. The lowest BCUT2D eigenvalue weighted by atomic mass is 10.1. The molecule has 2 rings (SSSR count). The van der Waals surface area contributed by atoms with E-state index in [0.717, 1.165) is 5.56 Å². The maximum Gasteiger partial charge on any atom is 0.337 e. The molecule has 0 spiro atoms. The lowest BCUT2D eigenvalue weighted by Crippen LogP contribution is -2.31. The third-order valence-corrected chi connectivity index (χ3v) is 3.83. The van der Waals surface area contributed by atoms with Crippen LogP contribution in [-0.2, 0) is 30.3 Å². The molecule has 2 N–H and O–H groups in total. The van der Waals surface area contributed by atoms with E-state index in [1.165, 1.54) is 12.0 Å². The molecule has 140 valence electrons. The molecule has 0 radical (unpaired) electrons. The number of anilines is 1. The highest BCUT2D eigenvalue weighted by Gasteiger charge is 2.34. The SMILES string of the molecule is CCOC(=O)Cc1ccc(NC2=C(C(=O)OC)CN(CCO)C2=O)cc1. The first-order valence-electron chi connectivity index (χ1n) is 8.23. The summed E-state index contributed by atoms with van der Waals surface area (Å²) in [5.41, 5.74) is 1.70. The van der Waals surface area contributed by atoms with Gasteiger partial charge in [-0.3, -0.25) is 9.59 Å². The van der Waals surface area contributed by atoms with Crippen molar-refractivity contribution in [3.8, 4) is 0 Å². The summed E-state index contributed by atoms with van der Waals surface area (Å²) in [4.78, 5) is 37.2. The Kier molecular flexibility index (Phi) is 6.74. The summed E-state index contributed by atoms with van der Waals surface area (Å²) in [6, 6.07) is 6.89. The zero-order valence-electron chi connectivity index (χ0n) is 14.8. The predicted molar refractivity (Wildman–Crippen MR) is 93.1 cm³/mol. The number of β-amino-alcohol motifs (C(OH)–C–C–N with tert-alkyl or cyclic N) is 1. The van der Waals surface area contributed by atoms with Gasteiger partial charge in [0.1, 0.15) is 5.70 Å². The van der Waals surface area contributed by atoms with Crippen LogP contribution in [0.2, 0.25) is 0 Å². The number of nitrogens with one attached hydrogen (secondary N) is 1. The molecule has 1 amide bonds. The van der Waals surface area contributed by atoms with Crippen LogP contribution in [-0.4, -0.2) is 61.3 Å². The zero-order valence-corrected chi connectivity index (χ0v) is 14.8. The van der Waals surface area contributed by atoms with Crippen LogP contribution in [0.5, 0.6) is 0 Å². The Morgan fingerprint density at radius 3 is 2.54 bits per heavy atom. The average Bonchev–Trinajstić information content (AvgIpc) is 2.93. The van der Waals surface area contributed by atoms with E-state index in [-0.39, 0.29) is 49.3 Å². The number of benzene rings is 1. The van der Waals surface area contributed by atoms with Gasteiger partial charge in [0, 0.05) is 12.2 Å². The molecular formula is C18H22N2O6. The Labute approximate surface area is 151 Å². The summed E-state index contributed by atoms with van der Waals surface area (Å²) in [7, 11) is 1.25. The molecule has 0 fully saturated rings. The molecule has 1 aromatic carbocycles. The van der Waals surface area contributed by atoms with Crippen LogP contribution in [0.4, 0.5) is 5.69 Å². The van der Waals surface area contributed by atoms with Crippen molar-refractivity contribution < 1.29 is 29.0 Å². The molecule has 0 atom stereocenters. The molecule has 0 unspecified atom stereocenters. The highest BCUT2D eigenvalue weighted by atomic mass is 16.5. The van der Waals surface area contributed by atoms with Crippen molar-refractivity contribution >= 4 is 23.5 Å². The number of hydrogen-bond acceptors (Lipinski definition) is 7. The van der Waals surface area contributed by atoms with Gasteiger partial charge in [-0.15, -0.1) is 0 Å². The average molecular weight is 362 g/mol. The maximum absolute atomic E-state index is 12.4. The Bertz CT molecular complexity index is 711. The minimum atomic E-state index is -0.597. The monoisotopic (exact) mass is 362 g/mol. The summed E-state index contributed by atoms with van der Waals surface area (Å²) >= 11 is 0. The van der Waals surface area contributed by atoms with Crippen molar-refractivity contribution in [3.05, 3.63) is 41.1 Å². The zero-order chi connectivity index (χ0) is 19.1. The smallest absolute Gasteiger partial charge is 0.337 e. The van der Waals surface area contributed by atoms with Crippen molar-refractivity contribution in [2.45, 2.75) is 13.3 Å². The molecule has 0 aromatic heterocycles. The molecule has 0 bridgehead atoms. The Morgan fingerprint density at radius 1 is 1.27 bits per heavy atom. The van der Waals surface area contributed by atoms with Gasteiger partial charge in [0.2, 0.25) is 0 Å². The van der Waals surface area contributed by atoms with E-state index in [1.54, 1.807) is 31.2 Å². The van der Waals surface area contributed by atoms with Gasteiger partial charge < -0.3 is 24.8 Å². The number of esters is 2. The van der Waals surface area contributed by atoms with Gasteiger partial charge in [-0.2, -0.15) is 0 Å². The first-order valence-corrected chi connectivity index (χ1v) is 8.23. The molecule has 8 nitrogen and oxygen atoms in total. The highest BCUT2D eigenvalue weighted by molar-refractivity contribution is 6.08. The molecule has 1 aliphatic heterocycles. The normalized spacial score (nSPS) is 13.8. The Morgan fingerprint density at radius 2 is 1.96 bits per heavy atom. The van der Waals surface area contributed by atoms with E-state index in [4.69, 9.17) is 14.6 Å². The number of ether oxygens (including phenoxy) is 2. The van der Waals surface area contributed by atoms with Gasteiger partial charge in [-0.25, -0.2) is 4.79 Å². The third-order valence-electron chi connectivity index (χ3n) is 3.83. The van der Waals surface area contributed by atoms with Crippen molar-refractivity contribution in [2.75, 3.05) is 38.7 Å². The number of carbonyl (C=O) groups is 3. The van der Waals surface area contributed by atoms with Crippen LogP contribution < -0.4 is 5.32 Å². The molecule has 1 aromatic rings. The van der Waals surface area contributed by atoms with Gasteiger partial charge >= 0.3 is 11.9 Å². The summed E-state index contributed by atoms with van der Waals surface area (Å²) in [5.74, 6) is -1.29. The number of aliphatic hydroxyl groups excluding tert-OH is 1. The van der Waals surface area contributed by atoms with Crippen LogP contribution in [0.25, 0.3) is 0 Å². The number of carbonyl (C=O) groups excluding carboxylic acids is 3. The van der Waals surface area contributed by atoms with Gasteiger partial charge in [0.05, 0.1) is 38.9 Å². The molecule has 1 aliphatic rings. The van der Waals surface area contributed by atoms with Gasteiger partial charge in [-0.1, -0.05) is 12.1 Å². The lowest BCUT2D eigenvalue weighted by Gasteiger charge is -2.15. The number of rotatable bonds is 8. The minimum Gasteiger partial charge on any atom is -0.466 e. The fourth-order valence-electron chi connectivity index (χ4n) is 2.58. The van der Waals surface area contributed by atoms with Crippen LogP contribution in [0.15, 0.2) is 35.5 Å². The first kappa shape index (κ1) is 19.5. The summed E-state index contributed by atoms with van der Waals surface area (Å²) < 4.78 is 9.63. The molecule has 0 saturated carbocycles. The standard InChI is InChI=1S/C18H22N2O6/c1-3-26-15(22)10-12-4-6-13(7-5-12)19-16-14(18(24)25-2)11-20(8-9-21)17(16)23/h4-7,19,21H,3,8-11H2,1-2H3. The molecule has 26 heavy (non-hydrogen) atoms. The van der Waals surface area contributed by atoms with E-state index < -0.39 is 5.97 Å². The van der Waals surface area contributed by atoms with Gasteiger partial charge in [0.25, 0.3) is 5.91 Å². The fourth-order valence-corrected chi connectivity index (χ4v) is 2.58. The van der Waals surface area contributed by atoms with Gasteiger partial charge in [0.15, 0.2) is 0 Å². The van der Waals surface area contributed by atoms with Crippen LogP contribution in [0, 0.1) is 0 Å². The van der Waals surface area contributed by atoms with Crippen LogP contribution in [0.1, 0.15) is 12.5 Å². The van der Waals surface area contributed by atoms with Crippen LogP contribution in [0.3, 0.4) is 0 Å². The molecule has 0 saturated heterocycles. The summed E-state index contributed by atoms with van der Waals surface area (Å²) in [6.07, 6.45) is 0.160. The number of aliphatic hydroxyl groups is 1. The van der Waals surface area contributed by atoms with E-state index in [9.17, 15) is 14.4 Å². The van der Waals surface area contributed by atoms with Crippen molar-refractivity contribution in [2.24, 2.45) is 0 Å². The summed E-state index contributed by atoms with van der Waals surface area (Å²) in [5, 5.41) is 12.0. The largest absolute Gasteiger partial charge is 0.466 e. The lowest BCUT2D eigenvalue weighted by molar-refractivity contribution is -0.142. The third kappa shape index (κ3) is 4.60. The van der Waals surface area contributed by atoms with E-state index >= 15 is 0 Å². The Hall–Kier alpha value is -2.87. The number of nitrogens with zero attached hydrogens (tertiary/aromatic N) is 1. The second-order valence-corrected chi connectivity index (χ2v) is 5.60. The number of methoxy groups -OCH3 is 1. The Balaban J connectivity index is 2.14. The van der Waals surface area contributed by atoms with E-state index in [1.807, 2.05) is 0 Å². The summed E-state index contributed by atoms with van der Waals surface area (Å²) in [6.45, 7) is 2.08. The molecular weight excluding hydrogens is 340 g/mol. The molecule has 0 aliphatic carbocycles. The van der Waals surface area contributed by atoms with Gasteiger partial charge in [-0.05, 0) is 24.6 Å². The quantitative estimate of drug-likeness (QED) is 0.648. The van der Waals surface area contributed by atoms with Crippen molar-refractivity contribution in [1.29, 1.82) is 0 Å². The fraction of sp³-hybridized carbons (Fsp3) is 0.389. The predicted octanol–water partition coefficient (Wildman–Crippen LogP) is 0.466. The van der Waals surface area contributed by atoms with E-state index in [0.29, 0.717) is 12.3 Å². The van der Waals surface area contributed by atoms with Crippen molar-refractivity contribution in [1.82, 2.24) is 4.90 Å². The number of hydrogen-bond donors (Lipinski definition) is 2. The maximum atomic E-state index is 12.4. The van der Waals surface area contributed by atoms with Crippen LogP contribution >= 0.6 is 0 Å². The topological polar surface area (TPSA) is 105 Å². The minimum absolute atomic E-state index is 0.0787. The second kappa shape index (κ2) is 9.00. The number of amides is 1. The van der Waals surface area contributed by atoms with E-state index in [2.05, 4.69) is 5.32 Å².